The third-order valence-electron chi connectivity index (χ3n) is 0.293. The number of hydrogen-bond acceptors (Lipinski definition) is 5. The lowest BCUT2D eigenvalue weighted by Crippen LogP contribution is -1.89. The van der Waals surface area contributed by atoms with Crippen molar-refractivity contribution in [1.82, 2.24) is 0 Å². The summed E-state index contributed by atoms with van der Waals surface area (Å²) in [5, 5.41) is 0. The Morgan fingerprint density at radius 1 is 1.18 bits per heavy atom. The minimum Gasteiger partial charge on any atom is -0.380 e. The molecule has 0 aromatic rings. The molecular weight excluding hydrogens is 192 g/mol. The molecule has 0 aromatic carbocycles. The first-order valence-electron chi connectivity index (χ1n) is 2.12. The fourth-order valence-electron chi connectivity index (χ4n) is 0.134. The minimum absolute atomic E-state index is 0.750. The Morgan fingerprint density at radius 2 is 1.45 bits per heavy atom. The smallest absolute Gasteiger partial charge is 0.380 e. The molecule has 11 heavy (non-hydrogen) atoms. The SMILES string of the molecule is C=COS(=O)OC=C.O=S=O. The van der Waals surface area contributed by atoms with Crippen LogP contribution in [0.2, 0.25) is 0 Å². The number of rotatable bonds is 4. The molecular formula is C4H6O5S2. The van der Waals surface area contributed by atoms with E-state index in [1.807, 2.05) is 0 Å². The van der Waals surface area contributed by atoms with Crippen LogP contribution in [-0.2, 0) is 31.3 Å². The summed E-state index contributed by atoms with van der Waals surface area (Å²) in [5.74, 6) is 0. The van der Waals surface area contributed by atoms with Gasteiger partial charge in [-0.2, -0.15) is 12.6 Å². The molecule has 0 saturated heterocycles. The Kier molecular flexibility index (Phi) is 13.6. The third-order valence-corrected chi connectivity index (χ3v) is 0.880. The van der Waals surface area contributed by atoms with Crippen LogP contribution in [0.25, 0.3) is 0 Å². The van der Waals surface area contributed by atoms with Crippen molar-refractivity contribution in [1.29, 1.82) is 0 Å². The summed E-state index contributed by atoms with van der Waals surface area (Å²) in [6, 6.07) is 0. The van der Waals surface area contributed by atoms with Crippen LogP contribution in [0.1, 0.15) is 0 Å². The lowest BCUT2D eigenvalue weighted by molar-refractivity contribution is 0.395. The molecule has 0 aliphatic heterocycles. The molecule has 5 nitrogen and oxygen atoms in total. The molecule has 0 bridgehead atoms. The van der Waals surface area contributed by atoms with E-state index < -0.39 is 22.9 Å². The van der Waals surface area contributed by atoms with Crippen molar-refractivity contribution in [2.24, 2.45) is 0 Å². The summed E-state index contributed by atoms with van der Waals surface area (Å²) in [6.45, 7) is 6.31. The van der Waals surface area contributed by atoms with E-state index in [2.05, 4.69) is 21.5 Å². The van der Waals surface area contributed by atoms with Gasteiger partial charge in [-0.15, -0.1) is 0 Å². The molecule has 0 radical (unpaired) electrons. The maximum atomic E-state index is 10.2. The van der Waals surface area contributed by atoms with Gasteiger partial charge in [-0.05, 0) is 0 Å². The molecule has 0 fully saturated rings. The lowest BCUT2D eigenvalue weighted by Gasteiger charge is -1.92. The first kappa shape index (κ1) is 12.7. The molecule has 0 heterocycles. The highest BCUT2D eigenvalue weighted by molar-refractivity contribution is 7.75. The second-order valence-corrected chi connectivity index (χ2v) is 1.73. The van der Waals surface area contributed by atoms with Gasteiger partial charge in [-0.1, -0.05) is 13.2 Å². The predicted molar refractivity (Wildman–Crippen MR) is 39.6 cm³/mol. The van der Waals surface area contributed by atoms with Crippen LogP contribution >= 0.6 is 0 Å². The molecule has 64 valence electrons. The normalized spacial score (nSPS) is 7.00. The molecule has 0 amide bonds. The summed E-state index contributed by atoms with van der Waals surface area (Å²) >= 11 is -2.51. The summed E-state index contributed by atoms with van der Waals surface area (Å²) < 4.78 is 35.2. The van der Waals surface area contributed by atoms with Gasteiger partial charge < -0.3 is 8.37 Å². The monoisotopic (exact) mass is 198 g/mol. The van der Waals surface area contributed by atoms with Crippen molar-refractivity contribution in [3.05, 3.63) is 25.7 Å². The Hall–Kier alpha value is -0.950. The van der Waals surface area contributed by atoms with E-state index in [0.717, 1.165) is 12.5 Å². The molecule has 0 unspecified atom stereocenters. The van der Waals surface area contributed by atoms with E-state index in [4.69, 9.17) is 8.42 Å². The number of hydrogen-bond donors (Lipinski definition) is 0. The third kappa shape index (κ3) is 17.6. The van der Waals surface area contributed by atoms with Crippen LogP contribution in [-0.4, -0.2) is 12.6 Å². The summed E-state index contributed by atoms with van der Waals surface area (Å²) in [4.78, 5) is 0. The van der Waals surface area contributed by atoms with Gasteiger partial charge in [-0.25, -0.2) is 0 Å². The first-order chi connectivity index (χ1) is 5.22. The molecule has 0 aromatic heterocycles. The van der Waals surface area contributed by atoms with Gasteiger partial charge in [0, 0.05) is 0 Å². The quantitative estimate of drug-likeness (QED) is 0.604. The summed E-state index contributed by atoms with van der Waals surface area (Å²) in [7, 11) is 0. The van der Waals surface area contributed by atoms with Gasteiger partial charge in [0.2, 0.25) is 0 Å². The van der Waals surface area contributed by atoms with Gasteiger partial charge in [0.15, 0.2) is 0 Å². The second kappa shape index (κ2) is 11.8. The van der Waals surface area contributed by atoms with Crippen molar-refractivity contribution in [2.75, 3.05) is 0 Å². The van der Waals surface area contributed by atoms with Crippen LogP contribution in [0.15, 0.2) is 25.7 Å². The fourth-order valence-corrected chi connectivity index (χ4v) is 0.401. The van der Waals surface area contributed by atoms with Crippen LogP contribution in [0.4, 0.5) is 0 Å². The van der Waals surface area contributed by atoms with Crippen LogP contribution < -0.4 is 0 Å². The van der Waals surface area contributed by atoms with E-state index in [-0.39, 0.29) is 0 Å². The van der Waals surface area contributed by atoms with Crippen molar-refractivity contribution in [3.63, 3.8) is 0 Å². The van der Waals surface area contributed by atoms with Crippen molar-refractivity contribution in [2.45, 2.75) is 0 Å². The van der Waals surface area contributed by atoms with E-state index >= 15 is 0 Å². The molecule has 0 aliphatic carbocycles. The average molecular weight is 198 g/mol. The lowest BCUT2D eigenvalue weighted by atomic mass is 11.2. The van der Waals surface area contributed by atoms with E-state index in [0.29, 0.717) is 0 Å². The second-order valence-electron chi connectivity index (χ2n) is 0.798. The summed E-state index contributed by atoms with van der Waals surface area (Å²) in [6.07, 6.45) is 2.05. The predicted octanol–water partition coefficient (Wildman–Crippen LogP) is 0.215. The largest absolute Gasteiger partial charge is 0.416 e. The molecule has 0 spiro atoms. The van der Waals surface area contributed by atoms with Gasteiger partial charge in [0.25, 0.3) is 0 Å². The van der Waals surface area contributed by atoms with Gasteiger partial charge in [0.1, 0.15) is 12.5 Å². The van der Waals surface area contributed by atoms with Gasteiger partial charge in [0.05, 0.1) is 0 Å². The zero-order chi connectivity index (χ0) is 9.11. The highest BCUT2D eigenvalue weighted by Gasteiger charge is 1.90. The van der Waals surface area contributed by atoms with Crippen LogP contribution in [0.3, 0.4) is 0 Å². The minimum atomic E-state index is -1.76. The Labute approximate surface area is 70.2 Å². The Morgan fingerprint density at radius 3 is 1.64 bits per heavy atom. The highest BCUT2D eigenvalue weighted by atomic mass is 32.2. The maximum Gasteiger partial charge on any atom is 0.416 e. The highest BCUT2D eigenvalue weighted by Crippen LogP contribution is 1.87. The molecule has 0 aliphatic rings. The molecule has 7 heteroatoms. The molecule has 0 saturated carbocycles. The van der Waals surface area contributed by atoms with Crippen molar-refractivity contribution < 1.29 is 21.0 Å². The molecule has 0 rings (SSSR count). The van der Waals surface area contributed by atoms with Crippen molar-refractivity contribution in [3.8, 4) is 0 Å². The van der Waals surface area contributed by atoms with Crippen molar-refractivity contribution >= 4 is 22.9 Å². The van der Waals surface area contributed by atoms with Gasteiger partial charge in [-0.3, -0.25) is 0 Å². The maximum absolute atomic E-state index is 10.2. The molecule has 0 N–H and O–H groups in total. The van der Waals surface area contributed by atoms with Crippen LogP contribution in [0, 0.1) is 0 Å². The van der Waals surface area contributed by atoms with E-state index in [1.54, 1.807) is 0 Å². The first-order valence-corrected chi connectivity index (χ1v) is 3.79. The topological polar surface area (TPSA) is 69.7 Å². The summed E-state index contributed by atoms with van der Waals surface area (Å²) in [5.41, 5.74) is 0. The Bertz CT molecular complexity index is 159. The van der Waals surface area contributed by atoms with E-state index in [9.17, 15) is 4.21 Å². The zero-order valence-corrected chi connectivity index (χ0v) is 7.06. The zero-order valence-electron chi connectivity index (χ0n) is 5.43. The van der Waals surface area contributed by atoms with Crippen LogP contribution in [0.5, 0.6) is 0 Å². The fraction of sp³-hybridized carbons (Fsp3) is 0. The Balaban J connectivity index is 0. The average Bonchev–Trinajstić information content (AvgIpc) is 1.90. The van der Waals surface area contributed by atoms with Gasteiger partial charge >= 0.3 is 22.9 Å². The standard InChI is InChI=1S/C4H6O3S.O2S/c1-3-6-8(5)7-4-2;1-3-2/h3-4H,1-2H2;. The molecule has 0 atom stereocenters. The van der Waals surface area contributed by atoms with E-state index in [1.165, 1.54) is 0 Å².